The number of carbonyl (C=O) groups is 2. The highest BCUT2D eigenvalue weighted by Gasteiger charge is 2.30. The molecule has 7 nitrogen and oxygen atoms in total. The summed E-state index contributed by atoms with van der Waals surface area (Å²) < 4.78 is 0. The fraction of sp³-hybridized carbons (Fsp3) is 0.571. The second-order valence-corrected chi connectivity index (χ2v) is 2.77. The summed E-state index contributed by atoms with van der Waals surface area (Å²) in [6, 6.07) is -1.23. The van der Waals surface area contributed by atoms with Gasteiger partial charge in [-0.05, 0) is 0 Å². The molecule has 0 N–H and O–H groups in total. The van der Waals surface area contributed by atoms with Gasteiger partial charge in [-0.1, -0.05) is 5.16 Å². The smallest absolute Gasteiger partial charge is 0.137 e. The van der Waals surface area contributed by atoms with Crippen LogP contribution in [0.15, 0.2) is 5.16 Å². The number of nitrogens with zero attached hydrogens (tertiary/aromatic N) is 2. The zero-order valence-corrected chi connectivity index (χ0v) is 7.43. The third kappa shape index (κ3) is 1.93. The van der Waals surface area contributed by atoms with Crippen LogP contribution < -0.4 is 10.2 Å². The molecule has 0 saturated carbocycles. The molecule has 1 unspecified atom stereocenters. The standard InChI is InChI=1S/C7H10N2O5/c1-14-8-4-2-5(6(10)11)9(3-4)7(12)13/h5H,2-3H2,1H3,(H,10,11)(H,12,13)/p-2/b8-4+. The van der Waals surface area contributed by atoms with Crippen LogP contribution in [-0.4, -0.2) is 42.4 Å². The Kier molecular flexibility index (Phi) is 2.90. The summed E-state index contributed by atoms with van der Waals surface area (Å²) in [5.74, 6) is -1.46. The monoisotopic (exact) mass is 200 g/mol. The largest absolute Gasteiger partial charge is 0.548 e. The first-order valence-corrected chi connectivity index (χ1v) is 3.83. The topological polar surface area (TPSA) is 105 Å². The van der Waals surface area contributed by atoms with Crippen LogP contribution in [-0.2, 0) is 9.63 Å². The van der Waals surface area contributed by atoms with Crippen molar-refractivity contribution in [3.8, 4) is 0 Å². The molecule has 7 heteroatoms. The molecule has 1 saturated heterocycles. The number of likely N-dealkylation sites (tertiary alicyclic amines) is 1. The van der Waals surface area contributed by atoms with Gasteiger partial charge in [0.1, 0.15) is 13.2 Å². The summed E-state index contributed by atoms with van der Waals surface area (Å²) in [5, 5.41) is 24.5. The van der Waals surface area contributed by atoms with E-state index < -0.39 is 18.1 Å². The lowest BCUT2D eigenvalue weighted by Gasteiger charge is -2.26. The molecule has 14 heavy (non-hydrogen) atoms. The zero-order valence-electron chi connectivity index (χ0n) is 7.43. The summed E-state index contributed by atoms with van der Waals surface area (Å²) in [7, 11) is 1.29. The van der Waals surface area contributed by atoms with E-state index >= 15 is 0 Å². The van der Waals surface area contributed by atoms with Crippen molar-refractivity contribution in [1.29, 1.82) is 0 Å². The minimum atomic E-state index is -1.56. The lowest BCUT2D eigenvalue weighted by Crippen LogP contribution is -2.51. The maximum absolute atomic E-state index is 10.5. The average Bonchev–Trinajstić information content (AvgIpc) is 2.49. The Hall–Kier alpha value is -1.79. The molecule has 0 aliphatic carbocycles. The molecule has 1 aliphatic heterocycles. The van der Waals surface area contributed by atoms with Gasteiger partial charge in [-0.25, -0.2) is 0 Å². The van der Waals surface area contributed by atoms with E-state index in [4.69, 9.17) is 0 Å². The Balaban J connectivity index is 2.80. The summed E-state index contributed by atoms with van der Waals surface area (Å²) >= 11 is 0. The van der Waals surface area contributed by atoms with Gasteiger partial charge in [-0.15, -0.1) is 0 Å². The molecule has 1 rings (SSSR count). The van der Waals surface area contributed by atoms with Crippen molar-refractivity contribution in [3.63, 3.8) is 0 Å². The number of aliphatic carboxylic acids is 1. The van der Waals surface area contributed by atoms with Crippen molar-refractivity contribution in [3.05, 3.63) is 0 Å². The van der Waals surface area contributed by atoms with Crippen molar-refractivity contribution < 1.29 is 24.6 Å². The molecular formula is C7H8N2O5-2. The van der Waals surface area contributed by atoms with Crippen molar-refractivity contribution in [2.75, 3.05) is 13.7 Å². The highest BCUT2D eigenvalue weighted by molar-refractivity contribution is 5.97. The van der Waals surface area contributed by atoms with Gasteiger partial charge >= 0.3 is 0 Å². The highest BCUT2D eigenvalue weighted by Crippen LogP contribution is 2.14. The van der Waals surface area contributed by atoms with Crippen LogP contribution in [0, 0.1) is 0 Å². The van der Waals surface area contributed by atoms with Gasteiger partial charge in [0, 0.05) is 6.42 Å². The van der Waals surface area contributed by atoms with Crippen LogP contribution in [0.3, 0.4) is 0 Å². The number of amides is 1. The summed E-state index contributed by atoms with van der Waals surface area (Å²) in [5.41, 5.74) is 0.339. The van der Waals surface area contributed by atoms with Crippen LogP contribution in [0.5, 0.6) is 0 Å². The number of carbonyl (C=O) groups excluding carboxylic acids is 2. The Morgan fingerprint density at radius 3 is 2.57 bits per heavy atom. The number of hydrogen-bond donors (Lipinski definition) is 0. The van der Waals surface area contributed by atoms with E-state index in [-0.39, 0.29) is 13.0 Å². The third-order valence-corrected chi connectivity index (χ3v) is 1.89. The molecule has 0 aromatic rings. The van der Waals surface area contributed by atoms with Crippen molar-refractivity contribution >= 4 is 17.8 Å². The predicted octanol–water partition coefficient (Wildman–Crippen LogP) is -2.84. The van der Waals surface area contributed by atoms with Gasteiger partial charge in [-0.2, -0.15) is 0 Å². The molecule has 1 aliphatic rings. The number of oxime groups is 1. The first-order valence-electron chi connectivity index (χ1n) is 3.83. The molecule has 1 fully saturated rings. The highest BCUT2D eigenvalue weighted by atomic mass is 16.6. The first kappa shape index (κ1) is 10.3. The summed E-state index contributed by atoms with van der Waals surface area (Å²) in [4.78, 5) is 26.1. The van der Waals surface area contributed by atoms with Gasteiger partial charge in [0.25, 0.3) is 0 Å². The molecule has 1 atom stereocenters. The second kappa shape index (κ2) is 3.95. The van der Waals surface area contributed by atoms with Gasteiger partial charge in [0.2, 0.25) is 0 Å². The Labute approximate surface area is 79.6 Å². The minimum Gasteiger partial charge on any atom is -0.548 e. The number of hydrogen-bond acceptors (Lipinski definition) is 6. The molecule has 0 aromatic carbocycles. The third-order valence-electron chi connectivity index (χ3n) is 1.89. The lowest BCUT2D eigenvalue weighted by atomic mass is 10.2. The van der Waals surface area contributed by atoms with E-state index in [0.29, 0.717) is 10.6 Å². The molecule has 0 bridgehead atoms. The van der Waals surface area contributed by atoms with Crippen molar-refractivity contribution in [1.82, 2.24) is 4.90 Å². The predicted molar refractivity (Wildman–Crippen MR) is 40.0 cm³/mol. The van der Waals surface area contributed by atoms with E-state index in [9.17, 15) is 19.8 Å². The molecule has 0 radical (unpaired) electrons. The molecule has 0 spiro atoms. The van der Waals surface area contributed by atoms with Crippen LogP contribution in [0.25, 0.3) is 0 Å². The number of carboxylic acids is 1. The SMILES string of the molecule is CO/N=C1\CC(C(=O)[O-])N(C(=O)[O-])C1. The van der Waals surface area contributed by atoms with E-state index in [1.165, 1.54) is 7.11 Å². The van der Waals surface area contributed by atoms with Gasteiger partial charge in [0.15, 0.2) is 0 Å². The molecule has 78 valence electrons. The normalized spacial score (nSPS) is 23.9. The fourth-order valence-corrected chi connectivity index (χ4v) is 1.30. The average molecular weight is 200 g/mol. The van der Waals surface area contributed by atoms with E-state index in [2.05, 4.69) is 9.99 Å². The lowest BCUT2D eigenvalue weighted by molar-refractivity contribution is -0.314. The second-order valence-electron chi connectivity index (χ2n) is 2.77. The van der Waals surface area contributed by atoms with Crippen LogP contribution >= 0.6 is 0 Å². The maximum atomic E-state index is 10.5. The van der Waals surface area contributed by atoms with Crippen molar-refractivity contribution in [2.24, 2.45) is 5.16 Å². The number of carboxylic acid groups (broad SMARTS) is 2. The molecular weight excluding hydrogens is 192 g/mol. The maximum Gasteiger partial charge on any atom is 0.137 e. The van der Waals surface area contributed by atoms with E-state index in [1.807, 2.05) is 0 Å². The summed E-state index contributed by atoms with van der Waals surface area (Å²) in [6.45, 7) is -0.116. The minimum absolute atomic E-state index is 0.0237. The Morgan fingerprint density at radius 1 is 1.57 bits per heavy atom. The Bertz CT molecular complexity index is 264. The number of rotatable bonds is 2. The fourth-order valence-electron chi connectivity index (χ4n) is 1.30. The van der Waals surface area contributed by atoms with Crippen LogP contribution in [0.2, 0.25) is 0 Å². The van der Waals surface area contributed by atoms with Crippen LogP contribution in [0.4, 0.5) is 4.79 Å². The van der Waals surface area contributed by atoms with Crippen LogP contribution in [0.1, 0.15) is 6.42 Å². The molecule has 0 aromatic heterocycles. The van der Waals surface area contributed by atoms with Gasteiger partial charge in [0.05, 0.1) is 24.3 Å². The van der Waals surface area contributed by atoms with E-state index in [1.54, 1.807) is 0 Å². The van der Waals surface area contributed by atoms with E-state index in [0.717, 1.165) is 0 Å². The Morgan fingerprint density at radius 2 is 2.21 bits per heavy atom. The van der Waals surface area contributed by atoms with Gasteiger partial charge in [-0.3, -0.25) is 0 Å². The summed E-state index contributed by atoms with van der Waals surface area (Å²) in [6.07, 6.45) is -1.58. The first-order chi connectivity index (χ1) is 6.56. The molecule has 1 amide bonds. The quantitative estimate of drug-likeness (QED) is 0.446. The van der Waals surface area contributed by atoms with Crippen molar-refractivity contribution in [2.45, 2.75) is 12.5 Å². The van der Waals surface area contributed by atoms with Gasteiger partial charge < -0.3 is 29.5 Å². The molecule has 1 heterocycles. The zero-order chi connectivity index (χ0) is 10.7.